The van der Waals surface area contributed by atoms with Crippen molar-refractivity contribution in [2.75, 3.05) is 0 Å². The molecule has 0 aromatic heterocycles. The zero-order chi connectivity index (χ0) is 11.2. The molecule has 0 heterocycles. The van der Waals surface area contributed by atoms with Gasteiger partial charge in [0.2, 0.25) is 0 Å². The van der Waals surface area contributed by atoms with Gasteiger partial charge in [-0.15, -0.1) is 6.58 Å². The van der Waals surface area contributed by atoms with E-state index < -0.39 is 8.56 Å². The molecule has 0 amide bonds. The third kappa shape index (κ3) is 9.18. The van der Waals surface area contributed by atoms with E-state index in [4.69, 9.17) is 8.85 Å². The molecular formula is C11H23BrMgO2Si. The van der Waals surface area contributed by atoms with E-state index in [-0.39, 0.29) is 52.2 Å². The molecular weight excluding hydrogens is 296 g/mol. The number of hydrogen-bond donors (Lipinski definition) is 0. The molecule has 0 radical (unpaired) electrons. The number of hydrogen-bond acceptors (Lipinski definition) is 2. The van der Waals surface area contributed by atoms with Crippen LogP contribution in [0, 0.1) is 6.92 Å². The Morgan fingerprint density at radius 3 is 1.75 bits per heavy atom. The van der Waals surface area contributed by atoms with E-state index in [1.165, 1.54) is 0 Å². The van der Waals surface area contributed by atoms with E-state index >= 15 is 0 Å². The summed E-state index contributed by atoms with van der Waals surface area (Å²) >= 11 is 0. The largest absolute Gasteiger partial charge is 2.00 e. The summed E-state index contributed by atoms with van der Waals surface area (Å²) < 4.78 is 11.8. The predicted molar refractivity (Wildman–Crippen MR) is 68.9 cm³/mol. The van der Waals surface area contributed by atoms with Gasteiger partial charge in [-0.25, -0.2) is 0 Å². The van der Waals surface area contributed by atoms with Gasteiger partial charge in [0.25, 0.3) is 0 Å². The van der Waals surface area contributed by atoms with Gasteiger partial charge in [-0.3, -0.25) is 0 Å². The fourth-order valence-corrected chi connectivity index (χ4v) is 4.16. The van der Waals surface area contributed by atoms with Crippen LogP contribution in [0.25, 0.3) is 0 Å². The van der Waals surface area contributed by atoms with Crippen molar-refractivity contribution in [2.24, 2.45) is 0 Å². The molecule has 0 aliphatic rings. The third-order valence-electron chi connectivity index (χ3n) is 1.71. The first-order valence-electron chi connectivity index (χ1n) is 5.24. The molecule has 0 unspecified atom stereocenters. The fraction of sp³-hybridized carbons (Fsp3) is 0.727. The Labute approximate surface area is 128 Å². The van der Waals surface area contributed by atoms with Gasteiger partial charge < -0.3 is 32.8 Å². The van der Waals surface area contributed by atoms with Crippen molar-refractivity contribution >= 4 is 31.6 Å². The summed E-state index contributed by atoms with van der Waals surface area (Å²) in [6.45, 7) is 15.8. The molecule has 0 saturated heterocycles. The minimum absolute atomic E-state index is 0. The average molecular weight is 320 g/mol. The van der Waals surface area contributed by atoms with Crippen LogP contribution in [0.3, 0.4) is 0 Å². The van der Waals surface area contributed by atoms with Crippen LogP contribution < -0.4 is 17.0 Å². The van der Waals surface area contributed by atoms with Crippen LogP contribution in [0.15, 0.2) is 12.3 Å². The van der Waals surface area contributed by atoms with E-state index in [1.54, 1.807) is 0 Å². The van der Waals surface area contributed by atoms with Gasteiger partial charge in [0.15, 0.2) is 0 Å². The van der Waals surface area contributed by atoms with Crippen molar-refractivity contribution < 1.29 is 25.8 Å². The van der Waals surface area contributed by atoms with Crippen LogP contribution in [-0.2, 0) is 8.85 Å². The van der Waals surface area contributed by atoms with Gasteiger partial charge >= 0.3 is 31.6 Å². The Hall–Kier alpha value is 1.12. The van der Waals surface area contributed by atoms with Gasteiger partial charge in [-0.05, 0) is 39.4 Å². The molecule has 5 heteroatoms. The van der Waals surface area contributed by atoms with Crippen molar-refractivity contribution in [1.82, 2.24) is 0 Å². The normalized spacial score (nSPS) is 10.9. The Balaban J connectivity index is -0.000000845. The molecule has 0 aromatic rings. The Kier molecular flexibility index (Phi) is 15.7. The van der Waals surface area contributed by atoms with E-state index in [2.05, 4.69) is 13.5 Å². The Morgan fingerprint density at radius 2 is 1.56 bits per heavy atom. The summed E-state index contributed by atoms with van der Waals surface area (Å²) in [4.78, 5) is 0. The Morgan fingerprint density at radius 1 is 1.19 bits per heavy atom. The van der Waals surface area contributed by atoms with Crippen molar-refractivity contribution in [1.29, 1.82) is 0 Å². The first-order valence-corrected chi connectivity index (χ1v) is 7.34. The minimum atomic E-state index is -2.19. The van der Waals surface area contributed by atoms with Crippen LogP contribution >= 0.6 is 0 Å². The van der Waals surface area contributed by atoms with E-state index in [0.29, 0.717) is 0 Å². The van der Waals surface area contributed by atoms with Crippen molar-refractivity contribution in [2.45, 2.75) is 52.4 Å². The van der Waals surface area contributed by atoms with E-state index in [9.17, 15) is 0 Å². The molecule has 0 aliphatic heterocycles. The van der Waals surface area contributed by atoms with Gasteiger partial charge in [-0.2, -0.15) is 6.42 Å². The summed E-state index contributed by atoms with van der Waals surface area (Å²) in [5.74, 6) is 0. The summed E-state index contributed by atoms with van der Waals surface area (Å²) in [5.41, 5.74) is 1.87. The Bertz CT molecular complexity index is 167. The molecule has 2 nitrogen and oxygen atoms in total. The predicted octanol–water partition coefficient (Wildman–Crippen LogP) is -0.149. The smallest absolute Gasteiger partial charge is 1.00 e. The van der Waals surface area contributed by atoms with Crippen molar-refractivity contribution in [3.05, 3.63) is 19.2 Å². The molecule has 0 rings (SSSR count). The number of rotatable bonds is 7. The first-order chi connectivity index (χ1) is 6.45. The van der Waals surface area contributed by atoms with Crippen LogP contribution in [0.5, 0.6) is 0 Å². The third-order valence-corrected chi connectivity index (χ3v) is 5.12. The molecule has 0 bridgehead atoms. The SMILES string of the molecule is C=C[Si](CC[CH2-])(OC(C)C)OC(C)C.[Br-].[Mg+2]. The maximum atomic E-state index is 5.90. The summed E-state index contributed by atoms with van der Waals surface area (Å²) in [6, 6.07) is 0.882. The second kappa shape index (κ2) is 11.2. The molecule has 0 saturated carbocycles. The maximum Gasteiger partial charge on any atom is 2.00 e. The zero-order valence-corrected chi connectivity index (χ0v) is 15.0. The molecule has 16 heavy (non-hydrogen) atoms. The minimum Gasteiger partial charge on any atom is -1.00 e. The number of halogens is 1. The van der Waals surface area contributed by atoms with Crippen molar-refractivity contribution in [3.8, 4) is 0 Å². The second-order valence-electron chi connectivity index (χ2n) is 3.95. The fourth-order valence-electron chi connectivity index (χ4n) is 1.39. The standard InChI is InChI=1S/C11H23O2Si.BrH.Mg/c1-7-9-14(8-2,12-10(3)4)13-11(5)6;;/h8,10-11H,1-2,7,9H2,3-6H3;1H;/q-1;;+2/p-1. The molecule has 0 atom stereocenters. The molecule has 0 spiro atoms. The van der Waals surface area contributed by atoms with Crippen LogP contribution in [0.1, 0.15) is 34.1 Å². The van der Waals surface area contributed by atoms with Crippen LogP contribution in [-0.4, -0.2) is 43.8 Å². The van der Waals surface area contributed by atoms with Gasteiger partial charge in [-0.1, -0.05) is 0 Å². The maximum absolute atomic E-state index is 5.90. The van der Waals surface area contributed by atoms with Gasteiger partial charge in [0, 0.05) is 12.2 Å². The van der Waals surface area contributed by atoms with Gasteiger partial charge in [0.05, 0.1) is 0 Å². The quantitative estimate of drug-likeness (QED) is 0.480. The summed E-state index contributed by atoms with van der Waals surface area (Å²) in [5, 5.41) is 0. The summed E-state index contributed by atoms with van der Waals surface area (Å²) in [6.07, 6.45) is 1.20. The summed E-state index contributed by atoms with van der Waals surface area (Å²) in [7, 11) is -2.19. The van der Waals surface area contributed by atoms with Gasteiger partial charge in [0.1, 0.15) is 0 Å². The second-order valence-corrected chi connectivity index (χ2v) is 6.96. The molecule has 0 aromatic carbocycles. The average Bonchev–Trinajstić information content (AvgIpc) is 2.02. The molecule has 0 fully saturated rings. The van der Waals surface area contributed by atoms with Crippen LogP contribution in [0.4, 0.5) is 0 Å². The van der Waals surface area contributed by atoms with E-state index in [0.717, 1.165) is 12.5 Å². The van der Waals surface area contributed by atoms with E-state index in [1.807, 2.05) is 33.4 Å². The topological polar surface area (TPSA) is 18.5 Å². The first kappa shape index (κ1) is 22.3. The molecule has 92 valence electrons. The molecule has 0 N–H and O–H groups in total. The van der Waals surface area contributed by atoms with Crippen molar-refractivity contribution in [3.63, 3.8) is 0 Å². The zero-order valence-electron chi connectivity index (χ0n) is 11.0. The monoisotopic (exact) mass is 318 g/mol. The molecule has 0 aliphatic carbocycles. The van der Waals surface area contributed by atoms with Crippen LogP contribution in [0.2, 0.25) is 6.04 Å².